The molecule has 0 bridgehead atoms. The third-order valence-electron chi connectivity index (χ3n) is 4.15. The third-order valence-corrected chi connectivity index (χ3v) is 4.15. The highest BCUT2D eigenvalue weighted by Crippen LogP contribution is 2.35. The van der Waals surface area contributed by atoms with E-state index in [1.807, 2.05) is 0 Å². The van der Waals surface area contributed by atoms with Crippen LogP contribution >= 0.6 is 0 Å². The maximum Gasteiger partial charge on any atom is 0.114 e. The van der Waals surface area contributed by atoms with Crippen molar-refractivity contribution in [2.24, 2.45) is 17.8 Å². The minimum atomic E-state index is 0.368. The number of hydrogen-bond acceptors (Lipinski definition) is 1. The van der Waals surface area contributed by atoms with E-state index in [4.69, 9.17) is 4.74 Å². The van der Waals surface area contributed by atoms with Gasteiger partial charge in [-0.3, -0.25) is 0 Å². The Morgan fingerprint density at radius 3 is 2.67 bits per heavy atom. The second-order valence-electron chi connectivity index (χ2n) is 6.22. The number of ether oxygens (including phenoxy) is 1. The average molecular weight is 250 g/mol. The Balaban J connectivity index is 2.36. The lowest BCUT2D eigenvalue weighted by molar-refractivity contribution is 0.0251. The summed E-state index contributed by atoms with van der Waals surface area (Å²) in [7, 11) is 0. The second kappa shape index (κ2) is 8.46. The lowest BCUT2D eigenvalue weighted by Crippen LogP contribution is -2.33. The molecule has 1 heteroatoms. The first-order chi connectivity index (χ1) is 8.65. The van der Waals surface area contributed by atoms with Crippen molar-refractivity contribution < 1.29 is 4.74 Å². The zero-order valence-electron chi connectivity index (χ0n) is 12.7. The highest BCUT2D eigenvalue weighted by Gasteiger charge is 2.31. The minimum absolute atomic E-state index is 0.368. The van der Waals surface area contributed by atoms with Crippen molar-refractivity contribution in [3.8, 4) is 12.0 Å². The molecule has 0 spiro atoms. The highest BCUT2D eigenvalue weighted by atomic mass is 16.5. The smallest absolute Gasteiger partial charge is 0.114 e. The molecule has 1 aliphatic rings. The molecule has 1 saturated carbocycles. The van der Waals surface area contributed by atoms with Gasteiger partial charge in [-0.15, -0.1) is 0 Å². The van der Waals surface area contributed by atoms with E-state index in [0.29, 0.717) is 17.9 Å². The van der Waals surface area contributed by atoms with Crippen molar-refractivity contribution in [2.75, 3.05) is 0 Å². The van der Waals surface area contributed by atoms with E-state index in [1.54, 1.807) is 0 Å². The predicted molar refractivity (Wildman–Crippen MR) is 78.1 cm³/mol. The van der Waals surface area contributed by atoms with Gasteiger partial charge in [0.2, 0.25) is 0 Å². The standard InChI is InChI=1S/C17H30O/c1-5-6-7-8-9-12-18-17-13-15(4)10-11-16(17)14(2)3/h14-17H,5-8,10-11,13H2,1-4H3. The van der Waals surface area contributed by atoms with Gasteiger partial charge in [0.25, 0.3) is 0 Å². The van der Waals surface area contributed by atoms with Crippen molar-refractivity contribution in [3.63, 3.8) is 0 Å². The Hall–Kier alpha value is -0.640. The SMILES string of the molecule is CCCCCC#COC1CC(C)CCC1C(C)C. The predicted octanol–water partition coefficient (Wildman–Crippen LogP) is 5.01. The van der Waals surface area contributed by atoms with Crippen molar-refractivity contribution in [2.45, 2.75) is 78.7 Å². The third kappa shape index (κ3) is 5.34. The van der Waals surface area contributed by atoms with Crippen LogP contribution in [0.5, 0.6) is 0 Å². The molecule has 104 valence electrons. The van der Waals surface area contributed by atoms with E-state index >= 15 is 0 Å². The van der Waals surface area contributed by atoms with Crippen LogP contribution < -0.4 is 0 Å². The maximum atomic E-state index is 5.85. The monoisotopic (exact) mass is 250 g/mol. The Morgan fingerprint density at radius 2 is 2.00 bits per heavy atom. The molecule has 0 aromatic carbocycles. The van der Waals surface area contributed by atoms with Gasteiger partial charge >= 0.3 is 0 Å². The maximum absolute atomic E-state index is 5.85. The molecule has 1 aliphatic carbocycles. The molecule has 0 amide bonds. The van der Waals surface area contributed by atoms with Gasteiger partial charge in [-0.05, 0) is 37.0 Å². The normalized spacial score (nSPS) is 27.7. The van der Waals surface area contributed by atoms with Crippen molar-refractivity contribution in [1.82, 2.24) is 0 Å². The first kappa shape index (κ1) is 15.4. The molecule has 18 heavy (non-hydrogen) atoms. The molecule has 3 unspecified atom stereocenters. The molecule has 1 fully saturated rings. The first-order valence-electron chi connectivity index (χ1n) is 7.78. The van der Waals surface area contributed by atoms with Crippen LogP contribution in [0.15, 0.2) is 0 Å². The van der Waals surface area contributed by atoms with Gasteiger partial charge < -0.3 is 4.74 Å². The van der Waals surface area contributed by atoms with Crippen LogP contribution in [0.3, 0.4) is 0 Å². The van der Waals surface area contributed by atoms with Crippen LogP contribution in [0.1, 0.15) is 72.6 Å². The van der Waals surface area contributed by atoms with Gasteiger partial charge in [-0.2, -0.15) is 0 Å². The van der Waals surface area contributed by atoms with Crippen LogP contribution in [-0.4, -0.2) is 6.10 Å². The molecule has 0 radical (unpaired) electrons. The van der Waals surface area contributed by atoms with Gasteiger partial charge in [0.1, 0.15) is 12.2 Å². The first-order valence-corrected chi connectivity index (χ1v) is 7.78. The van der Waals surface area contributed by atoms with Crippen LogP contribution in [0, 0.1) is 29.8 Å². The number of hydrogen-bond donors (Lipinski definition) is 0. The minimum Gasteiger partial charge on any atom is -0.443 e. The lowest BCUT2D eigenvalue weighted by Gasteiger charge is -2.35. The Morgan fingerprint density at radius 1 is 1.22 bits per heavy atom. The molecule has 1 rings (SSSR count). The highest BCUT2D eigenvalue weighted by molar-refractivity contribution is 4.93. The molecule has 0 aliphatic heterocycles. The Labute approximate surface area is 114 Å². The van der Waals surface area contributed by atoms with Crippen LogP contribution in [0.2, 0.25) is 0 Å². The lowest BCUT2D eigenvalue weighted by atomic mass is 9.75. The van der Waals surface area contributed by atoms with Crippen LogP contribution in [0.25, 0.3) is 0 Å². The Kier molecular flexibility index (Phi) is 7.25. The summed E-state index contributed by atoms with van der Waals surface area (Å²) in [5.74, 6) is 5.38. The van der Waals surface area contributed by atoms with Gasteiger partial charge in [-0.25, -0.2) is 0 Å². The van der Waals surface area contributed by atoms with Gasteiger partial charge in [0.05, 0.1) is 0 Å². The van der Waals surface area contributed by atoms with E-state index in [1.165, 1.54) is 38.5 Å². The van der Waals surface area contributed by atoms with Gasteiger partial charge in [0, 0.05) is 6.42 Å². The zero-order valence-corrected chi connectivity index (χ0v) is 12.7. The molecular formula is C17H30O. The fourth-order valence-corrected chi connectivity index (χ4v) is 2.88. The largest absolute Gasteiger partial charge is 0.443 e. The van der Waals surface area contributed by atoms with Crippen molar-refractivity contribution in [1.29, 1.82) is 0 Å². The van der Waals surface area contributed by atoms with E-state index < -0.39 is 0 Å². The summed E-state index contributed by atoms with van der Waals surface area (Å²) in [4.78, 5) is 0. The molecule has 0 aromatic heterocycles. The van der Waals surface area contributed by atoms with E-state index in [0.717, 1.165) is 12.3 Å². The molecule has 1 nitrogen and oxygen atoms in total. The summed E-state index contributed by atoms with van der Waals surface area (Å²) in [5, 5.41) is 0. The molecule has 0 saturated heterocycles. The van der Waals surface area contributed by atoms with Crippen molar-refractivity contribution in [3.05, 3.63) is 0 Å². The topological polar surface area (TPSA) is 9.23 Å². The molecule has 0 aromatic rings. The van der Waals surface area contributed by atoms with E-state index in [-0.39, 0.29) is 0 Å². The summed E-state index contributed by atoms with van der Waals surface area (Å²) in [6.07, 6.45) is 11.9. The molecular weight excluding hydrogens is 220 g/mol. The summed E-state index contributed by atoms with van der Waals surface area (Å²) in [5.41, 5.74) is 0. The quantitative estimate of drug-likeness (QED) is 0.492. The number of unbranched alkanes of at least 4 members (excludes halogenated alkanes) is 3. The van der Waals surface area contributed by atoms with Gasteiger partial charge in [0.15, 0.2) is 0 Å². The van der Waals surface area contributed by atoms with E-state index in [9.17, 15) is 0 Å². The zero-order chi connectivity index (χ0) is 13.4. The fourth-order valence-electron chi connectivity index (χ4n) is 2.88. The average Bonchev–Trinajstić information content (AvgIpc) is 2.33. The Bertz CT molecular complexity index is 271. The number of rotatable bonds is 5. The second-order valence-corrected chi connectivity index (χ2v) is 6.22. The fraction of sp³-hybridized carbons (Fsp3) is 0.882. The van der Waals surface area contributed by atoms with Crippen LogP contribution in [0.4, 0.5) is 0 Å². The van der Waals surface area contributed by atoms with Crippen LogP contribution in [-0.2, 0) is 4.74 Å². The van der Waals surface area contributed by atoms with E-state index in [2.05, 4.69) is 39.7 Å². The van der Waals surface area contributed by atoms with Crippen molar-refractivity contribution >= 4 is 0 Å². The summed E-state index contributed by atoms with van der Waals surface area (Å²) in [6, 6.07) is 0. The molecule has 3 atom stereocenters. The summed E-state index contributed by atoms with van der Waals surface area (Å²) >= 11 is 0. The molecule has 0 N–H and O–H groups in total. The molecule has 0 heterocycles. The summed E-state index contributed by atoms with van der Waals surface area (Å²) < 4.78 is 5.85. The van der Waals surface area contributed by atoms with Gasteiger partial charge in [-0.1, -0.05) is 52.9 Å². The summed E-state index contributed by atoms with van der Waals surface area (Å²) in [6.45, 7) is 9.18.